The SMILES string of the molecule is CCOCc1nc(NN)cc(OC(C)(C)CC)n1. The Hall–Kier alpha value is -1.40. The fourth-order valence-corrected chi connectivity index (χ4v) is 1.21. The summed E-state index contributed by atoms with van der Waals surface area (Å²) < 4.78 is 11.1. The number of nitrogens with two attached hydrogens (primary N) is 1. The Balaban J connectivity index is 2.89. The molecule has 1 aromatic rings. The monoisotopic (exact) mass is 254 g/mol. The van der Waals surface area contributed by atoms with Crippen molar-refractivity contribution < 1.29 is 9.47 Å². The molecule has 0 spiro atoms. The second kappa shape index (κ2) is 6.51. The van der Waals surface area contributed by atoms with Crippen molar-refractivity contribution in [2.24, 2.45) is 5.84 Å². The lowest BCUT2D eigenvalue weighted by Crippen LogP contribution is -2.27. The fourth-order valence-electron chi connectivity index (χ4n) is 1.21. The van der Waals surface area contributed by atoms with Gasteiger partial charge in [-0.3, -0.25) is 0 Å². The van der Waals surface area contributed by atoms with Crippen LogP contribution in [0.15, 0.2) is 6.07 Å². The van der Waals surface area contributed by atoms with Gasteiger partial charge >= 0.3 is 0 Å². The van der Waals surface area contributed by atoms with E-state index in [4.69, 9.17) is 15.3 Å². The van der Waals surface area contributed by atoms with Crippen LogP contribution in [0, 0.1) is 0 Å². The van der Waals surface area contributed by atoms with Gasteiger partial charge in [-0.05, 0) is 27.2 Å². The van der Waals surface area contributed by atoms with Gasteiger partial charge in [0, 0.05) is 12.7 Å². The zero-order valence-corrected chi connectivity index (χ0v) is 11.5. The Morgan fingerprint density at radius 3 is 2.61 bits per heavy atom. The summed E-state index contributed by atoms with van der Waals surface area (Å²) in [5.41, 5.74) is 2.23. The third kappa shape index (κ3) is 4.46. The Kier molecular flexibility index (Phi) is 5.30. The summed E-state index contributed by atoms with van der Waals surface area (Å²) in [6, 6.07) is 1.67. The number of rotatable bonds is 7. The molecule has 0 atom stereocenters. The molecule has 0 radical (unpaired) electrons. The molecule has 0 unspecified atom stereocenters. The third-order valence-electron chi connectivity index (χ3n) is 2.56. The van der Waals surface area contributed by atoms with Gasteiger partial charge in [0.05, 0.1) is 0 Å². The number of aromatic nitrogens is 2. The molecule has 0 saturated carbocycles. The number of hydrazine groups is 1. The van der Waals surface area contributed by atoms with Crippen molar-refractivity contribution in [2.45, 2.75) is 46.3 Å². The fraction of sp³-hybridized carbons (Fsp3) is 0.667. The molecule has 0 aliphatic heterocycles. The molecule has 0 saturated heterocycles. The molecule has 3 N–H and O–H groups in total. The summed E-state index contributed by atoms with van der Waals surface area (Å²) in [6.45, 7) is 8.95. The molecule has 0 bridgehead atoms. The molecule has 1 heterocycles. The molecule has 102 valence electrons. The Morgan fingerprint density at radius 1 is 1.33 bits per heavy atom. The standard InChI is InChI=1S/C12H22N4O2/c1-5-12(3,4)18-11-7-9(16-13)14-10(15-11)8-17-6-2/h7H,5-6,8,13H2,1-4H3,(H,14,15,16). The van der Waals surface area contributed by atoms with E-state index in [0.717, 1.165) is 6.42 Å². The van der Waals surface area contributed by atoms with Gasteiger partial charge in [0.1, 0.15) is 18.0 Å². The van der Waals surface area contributed by atoms with Crippen LogP contribution >= 0.6 is 0 Å². The van der Waals surface area contributed by atoms with E-state index in [1.807, 2.05) is 20.8 Å². The van der Waals surface area contributed by atoms with Gasteiger partial charge in [-0.2, -0.15) is 4.98 Å². The number of hydrogen-bond donors (Lipinski definition) is 2. The van der Waals surface area contributed by atoms with Crippen LogP contribution in [0.4, 0.5) is 5.82 Å². The molecule has 0 aromatic carbocycles. The summed E-state index contributed by atoms with van der Waals surface area (Å²) in [7, 11) is 0. The topological polar surface area (TPSA) is 82.3 Å². The summed E-state index contributed by atoms with van der Waals surface area (Å²) in [5, 5.41) is 0. The minimum Gasteiger partial charge on any atom is -0.472 e. The van der Waals surface area contributed by atoms with E-state index >= 15 is 0 Å². The zero-order chi connectivity index (χ0) is 13.6. The lowest BCUT2D eigenvalue weighted by Gasteiger charge is -2.24. The highest BCUT2D eigenvalue weighted by molar-refractivity contribution is 5.37. The van der Waals surface area contributed by atoms with Crippen LogP contribution in [0.1, 0.15) is 39.9 Å². The maximum atomic E-state index is 5.81. The van der Waals surface area contributed by atoms with Crippen molar-refractivity contribution in [1.29, 1.82) is 0 Å². The minimum atomic E-state index is -0.275. The van der Waals surface area contributed by atoms with Crippen molar-refractivity contribution in [3.05, 3.63) is 11.9 Å². The molecule has 6 heteroatoms. The van der Waals surface area contributed by atoms with Gasteiger partial charge in [0.2, 0.25) is 5.88 Å². The molecular weight excluding hydrogens is 232 g/mol. The summed E-state index contributed by atoms with van der Waals surface area (Å²) in [5.74, 6) is 6.94. The van der Waals surface area contributed by atoms with Crippen LogP contribution in [0.2, 0.25) is 0 Å². The number of nitrogens with one attached hydrogen (secondary N) is 1. The first-order valence-electron chi connectivity index (χ1n) is 6.12. The lowest BCUT2D eigenvalue weighted by molar-refractivity contribution is 0.0952. The first-order chi connectivity index (χ1) is 8.50. The Morgan fingerprint density at radius 2 is 2.06 bits per heavy atom. The first-order valence-corrected chi connectivity index (χ1v) is 6.12. The molecule has 1 rings (SSSR count). The Bertz CT molecular complexity index is 382. The van der Waals surface area contributed by atoms with Gasteiger partial charge in [0.15, 0.2) is 5.82 Å². The highest BCUT2D eigenvalue weighted by atomic mass is 16.5. The van der Waals surface area contributed by atoms with Crippen LogP contribution < -0.4 is 16.0 Å². The van der Waals surface area contributed by atoms with Crippen molar-refractivity contribution >= 4 is 5.82 Å². The number of anilines is 1. The van der Waals surface area contributed by atoms with Crippen molar-refractivity contribution in [3.8, 4) is 5.88 Å². The quantitative estimate of drug-likeness (QED) is 0.571. The molecular formula is C12H22N4O2. The number of nitrogens with zero attached hydrogens (tertiary/aromatic N) is 2. The van der Waals surface area contributed by atoms with E-state index in [1.54, 1.807) is 6.07 Å². The highest BCUT2D eigenvalue weighted by Crippen LogP contribution is 2.21. The second-order valence-corrected chi connectivity index (χ2v) is 4.50. The van der Waals surface area contributed by atoms with Crippen LogP contribution in [0.25, 0.3) is 0 Å². The van der Waals surface area contributed by atoms with Crippen molar-refractivity contribution in [1.82, 2.24) is 9.97 Å². The van der Waals surface area contributed by atoms with Crippen LogP contribution in [-0.4, -0.2) is 22.2 Å². The average molecular weight is 254 g/mol. The number of ether oxygens (including phenoxy) is 2. The van der Waals surface area contributed by atoms with E-state index in [2.05, 4.69) is 22.3 Å². The van der Waals surface area contributed by atoms with E-state index in [9.17, 15) is 0 Å². The van der Waals surface area contributed by atoms with Gasteiger partial charge < -0.3 is 14.9 Å². The minimum absolute atomic E-state index is 0.275. The smallest absolute Gasteiger partial charge is 0.219 e. The number of hydrogen-bond acceptors (Lipinski definition) is 6. The maximum Gasteiger partial charge on any atom is 0.219 e. The normalized spacial score (nSPS) is 11.4. The predicted molar refractivity (Wildman–Crippen MR) is 70.2 cm³/mol. The largest absolute Gasteiger partial charge is 0.472 e. The molecule has 0 aliphatic rings. The third-order valence-corrected chi connectivity index (χ3v) is 2.56. The van der Waals surface area contributed by atoms with Crippen molar-refractivity contribution in [3.63, 3.8) is 0 Å². The second-order valence-electron chi connectivity index (χ2n) is 4.50. The molecule has 18 heavy (non-hydrogen) atoms. The van der Waals surface area contributed by atoms with Gasteiger partial charge in [0.25, 0.3) is 0 Å². The maximum absolute atomic E-state index is 5.81. The zero-order valence-electron chi connectivity index (χ0n) is 11.5. The van der Waals surface area contributed by atoms with E-state index < -0.39 is 0 Å². The van der Waals surface area contributed by atoms with Crippen LogP contribution in [-0.2, 0) is 11.3 Å². The summed E-state index contributed by atoms with van der Waals surface area (Å²) in [4.78, 5) is 8.49. The summed E-state index contributed by atoms with van der Waals surface area (Å²) >= 11 is 0. The van der Waals surface area contributed by atoms with Gasteiger partial charge in [-0.15, -0.1) is 0 Å². The Labute approximate surface area is 108 Å². The van der Waals surface area contributed by atoms with Gasteiger partial charge in [-0.25, -0.2) is 10.8 Å². The van der Waals surface area contributed by atoms with Gasteiger partial charge in [-0.1, -0.05) is 6.92 Å². The molecule has 1 aromatic heterocycles. The molecule has 0 amide bonds. The predicted octanol–water partition coefficient (Wildman–Crippen LogP) is 1.87. The highest BCUT2D eigenvalue weighted by Gasteiger charge is 2.18. The molecule has 6 nitrogen and oxygen atoms in total. The molecule has 0 fully saturated rings. The van der Waals surface area contributed by atoms with Crippen LogP contribution in [0.3, 0.4) is 0 Å². The lowest BCUT2D eigenvalue weighted by atomic mass is 10.1. The molecule has 0 aliphatic carbocycles. The average Bonchev–Trinajstić information content (AvgIpc) is 2.35. The van der Waals surface area contributed by atoms with Crippen molar-refractivity contribution in [2.75, 3.05) is 12.0 Å². The first kappa shape index (κ1) is 14.7. The summed E-state index contributed by atoms with van der Waals surface area (Å²) in [6.07, 6.45) is 0.878. The van der Waals surface area contributed by atoms with Crippen LogP contribution in [0.5, 0.6) is 5.88 Å². The van der Waals surface area contributed by atoms with E-state index in [1.165, 1.54) is 0 Å². The van der Waals surface area contributed by atoms with E-state index in [-0.39, 0.29) is 5.60 Å². The number of nitrogen functional groups attached to an aromatic ring is 1. The van der Waals surface area contributed by atoms with E-state index in [0.29, 0.717) is 30.7 Å².